The maximum atomic E-state index is 12.2. The lowest BCUT2D eigenvalue weighted by Crippen LogP contribution is -2.28. The van der Waals surface area contributed by atoms with Crippen LogP contribution in [0.4, 0.5) is 10.5 Å². The van der Waals surface area contributed by atoms with E-state index in [-0.39, 0.29) is 6.61 Å². The highest BCUT2D eigenvalue weighted by Gasteiger charge is 2.18. The van der Waals surface area contributed by atoms with Gasteiger partial charge in [0.25, 0.3) is 0 Å². The zero-order valence-electron chi connectivity index (χ0n) is 27.1. The van der Waals surface area contributed by atoms with Crippen molar-refractivity contribution in [1.29, 1.82) is 0 Å². The number of carbonyl (C=O) groups is 3. The van der Waals surface area contributed by atoms with Gasteiger partial charge in [0.15, 0.2) is 0 Å². The number of nitrogens with zero attached hydrogens (tertiary/aromatic N) is 2. The SMILES string of the molecule is CCCCCCCCCCCCCCCCCCN(C=O)c1cccc(OC(C)=O)c1COC(=O)NCCCN(C)C. The first-order chi connectivity index (χ1) is 20.4. The number of amides is 2. The van der Waals surface area contributed by atoms with E-state index in [4.69, 9.17) is 9.47 Å². The Labute approximate surface area is 255 Å². The summed E-state index contributed by atoms with van der Waals surface area (Å²) in [6.45, 7) is 5.38. The second kappa shape index (κ2) is 24.9. The molecule has 1 aromatic rings. The Morgan fingerprint density at radius 3 is 1.83 bits per heavy atom. The minimum absolute atomic E-state index is 0.110. The minimum atomic E-state index is -0.548. The molecular formula is C34H59N3O5. The summed E-state index contributed by atoms with van der Waals surface area (Å²) in [6.07, 6.45) is 21.7. The summed E-state index contributed by atoms with van der Waals surface area (Å²) < 4.78 is 10.8. The first-order valence-electron chi connectivity index (χ1n) is 16.5. The number of ether oxygens (including phenoxy) is 2. The monoisotopic (exact) mass is 589 g/mol. The average Bonchev–Trinajstić information content (AvgIpc) is 2.96. The number of alkyl carbamates (subject to hydrolysis) is 1. The quantitative estimate of drug-likeness (QED) is 0.0510. The Kier molecular flexibility index (Phi) is 22.2. The highest BCUT2D eigenvalue weighted by atomic mass is 16.6. The third-order valence-electron chi connectivity index (χ3n) is 7.45. The van der Waals surface area contributed by atoms with Crippen molar-refractivity contribution in [3.8, 4) is 5.75 Å². The Hall–Kier alpha value is -2.61. The Morgan fingerprint density at radius 1 is 0.786 bits per heavy atom. The fourth-order valence-corrected chi connectivity index (χ4v) is 5.05. The Morgan fingerprint density at radius 2 is 1.33 bits per heavy atom. The smallest absolute Gasteiger partial charge is 0.407 e. The molecule has 0 bridgehead atoms. The standard InChI is InChI=1S/C34H59N3O5/c1-5-6-7-8-9-10-11-12-13-14-15-16-17-18-19-20-27-37(29-38)32-23-21-24-33(42-30(2)39)31(32)28-41-34(40)35-25-22-26-36(3)4/h21,23-24,29H,5-20,22,25-28H2,1-4H3,(H,35,40). The normalized spacial score (nSPS) is 11.0. The lowest BCUT2D eigenvalue weighted by molar-refractivity contribution is -0.131. The molecule has 0 fully saturated rings. The number of rotatable bonds is 26. The van der Waals surface area contributed by atoms with Crippen molar-refractivity contribution in [2.45, 2.75) is 130 Å². The molecule has 1 N–H and O–H groups in total. The fourth-order valence-electron chi connectivity index (χ4n) is 5.05. The molecule has 0 atom stereocenters. The summed E-state index contributed by atoms with van der Waals surface area (Å²) in [5, 5.41) is 2.74. The number of esters is 1. The number of unbranched alkanes of at least 4 members (excludes halogenated alkanes) is 15. The van der Waals surface area contributed by atoms with Gasteiger partial charge < -0.3 is 24.6 Å². The maximum Gasteiger partial charge on any atom is 0.407 e. The Bertz CT molecular complexity index is 862. The van der Waals surface area contributed by atoms with E-state index in [0.29, 0.717) is 30.1 Å². The van der Waals surface area contributed by atoms with Crippen LogP contribution in [0.2, 0.25) is 0 Å². The van der Waals surface area contributed by atoms with Crippen LogP contribution >= 0.6 is 0 Å². The zero-order chi connectivity index (χ0) is 30.8. The van der Waals surface area contributed by atoms with E-state index in [1.807, 2.05) is 19.0 Å². The van der Waals surface area contributed by atoms with Crippen LogP contribution in [-0.4, -0.2) is 57.1 Å². The molecule has 0 unspecified atom stereocenters. The van der Waals surface area contributed by atoms with Gasteiger partial charge in [0.2, 0.25) is 6.41 Å². The van der Waals surface area contributed by atoms with Gasteiger partial charge in [0.1, 0.15) is 12.4 Å². The third-order valence-corrected chi connectivity index (χ3v) is 7.45. The second-order valence-electron chi connectivity index (χ2n) is 11.6. The average molecular weight is 590 g/mol. The lowest BCUT2D eigenvalue weighted by Gasteiger charge is -2.22. The van der Waals surface area contributed by atoms with E-state index >= 15 is 0 Å². The number of nitrogens with one attached hydrogen (secondary N) is 1. The summed E-state index contributed by atoms with van der Waals surface area (Å²) in [5.74, 6) is -0.184. The molecule has 8 nitrogen and oxygen atoms in total. The Balaban J connectivity index is 2.39. The largest absolute Gasteiger partial charge is 0.444 e. The molecular weight excluding hydrogens is 530 g/mol. The number of hydrogen-bond donors (Lipinski definition) is 1. The fraction of sp³-hybridized carbons (Fsp3) is 0.735. The van der Waals surface area contributed by atoms with Crippen LogP contribution in [0.15, 0.2) is 18.2 Å². The molecule has 0 aliphatic rings. The van der Waals surface area contributed by atoms with E-state index in [1.54, 1.807) is 23.1 Å². The second-order valence-corrected chi connectivity index (χ2v) is 11.6. The maximum absolute atomic E-state index is 12.2. The predicted octanol–water partition coefficient (Wildman–Crippen LogP) is 8.01. The van der Waals surface area contributed by atoms with Crippen LogP contribution < -0.4 is 15.0 Å². The van der Waals surface area contributed by atoms with E-state index < -0.39 is 12.1 Å². The first kappa shape index (κ1) is 37.4. The summed E-state index contributed by atoms with van der Waals surface area (Å²) in [7, 11) is 3.95. The summed E-state index contributed by atoms with van der Waals surface area (Å²) in [5.41, 5.74) is 1.09. The molecule has 0 aliphatic carbocycles. The van der Waals surface area contributed by atoms with Gasteiger partial charge in [0.05, 0.1) is 11.3 Å². The molecule has 0 saturated carbocycles. The molecule has 0 heterocycles. The van der Waals surface area contributed by atoms with E-state index in [1.165, 1.54) is 90.4 Å². The third kappa shape index (κ3) is 18.7. The summed E-state index contributed by atoms with van der Waals surface area (Å²) in [4.78, 5) is 39.6. The van der Waals surface area contributed by atoms with Gasteiger partial charge in [-0.05, 0) is 45.6 Å². The molecule has 8 heteroatoms. The summed E-state index contributed by atoms with van der Waals surface area (Å²) >= 11 is 0. The number of benzene rings is 1. The van der Waals surface area contributed by atoms with Crippen LogP contribution in [0, 0.1) is 0 Å². The van der Waals surface area contributed by atoms with Crippen LogP contribution in [0.5, 0.6) is 5.75 Å². The van der Waals surface area contributed by atoms with Crippen LogP contribution in [0.3, 0.4) is 0 Å². The van der Waals surface area contributed by atoms with Crippen molar-refractivity contribution in [2.24, 2.45) is 0 Å². The molecule has 0 spiro atoms. The van der Waals surface area contributed by atoms with Crippen LogP contribution in [0.25, 0.3) is 0 Å². The molecule has 2 amide bonds. The molecule has 0 aliphatic heterocycles. The molecule has 0 saturated heterocycles. The first-order valence-corrected chi connectivity index (χ1v) is 16.5. The van der Waals surface area contributed by atoms with Gasteiger partial charge in [0, 0.05) is 20.0 Å². The van der Waals surface area contributed by atoms with Crippen molar-refractivity contribution in [1.82, 2.24) is 10.2 Å². The number of hydrogen-bond acceptors (Lipinski definition) is 6. The highest BCUT2D eigenvalue weighted by Crippen LogP contribution is 2.30. The molecule has 0 aromatic heterocycles. The highest BCUT2D eigenvalue weighted by molar-refractivity contribution is 5.80. The van der Waals surface area contributed by atoms with Gasteiger partial charge in [-0.15, -0.1) is 0 Å². The van der Waals surface area contributed by atoms with Crippen molar-refractivity contribution in [3.05, 3.63) is 23.8 Å². The number of carbonyl (C=O) groups excluding carboxylic acids is 3. The number of anilines is 1. The van der Waals surface area contributed by atoms with Gasteiger partial charge in [-0.1, -0.05) is 109 Å². The van der Waals surface area contributed by atoms with E-state index in [0.717, 1.165) is 38.6 Å². The van der Waals surface area contributed by atoms with Crippen molar-refractivity contribution >= 4 is 24.2 Å². The van der Waals surface area contributed by atoms with Crippen molar-refractivity contribution < 1.29 is 23.9 Å². The van der Waals surface area contributed by atoms with Gasteiger partial charge in [-0.3, -0.25) is 9.59 Å². The summed E-state index contributed by atoms with van der Waals surface area (Å²) in [6, 6.07) is 5.18. The molecule has 240 valence electrons. The molecule has 1 rings (SSSR count). The van der Waals surface area contributed by atoms with Gasteiger partial charge in [-0.2, -0.15) is 0 Å². The van der Waals surface area contributed by atoms with Crippen LogP contribution in [-0.2, 0) is 20.9 Å². The topological polar surface area (TPSA) is 88.2 Å². The van der Waals surface area contributed by atoms with Crippen LogP contribution in [0.1, 0.15) is 129 Å². The van der Waals surface area contributed by atoms with E-state index in [2.05, 4.69) is 12.2 Å². The molecule has 0 radical (unpaired) electrons. The minimum Gasteiger partial charge on any atom is -0.444 e. The molecule has 42 heavy (non-hydrogen) atoms. The van der Waals surface area contributed by atoms with Gasteiger partial charge in [-0.25, -0.2) is 4.79 Å². The van der Waals surface area contributed by atoms with Crippen molar-refractivity contribution in [3.63, 3.8) is 0 Å². The molecule has 1 aromatic carbocycles. The van der Waals surface area contributed by atoms with Gasteiger partial charge >= 0.3 is 12.1 Å². The zero-order valence-corrected chi connectivity index (χ0v) is 27.1. The predicted molar refractivity (Wildman–Crippen MR) is 172 cm³/mol. The van der Waals surface area contributed by atoms with E-state index in [9.17, 15) is 14.4 Å². The van der Waals surface area contributed by atoms with Crippen molar-refractivity contribution in [2.75, 3.05) is 38.6 Å². The lowest BCUT2D eigenvalue weighted by atomic mass is 10.0.